The Balaban J connectivity index is 2.92. The molecule has 0 aromatic heterocycles. The number of esters is 1. The molecule has 1 amide bonds. The maximum Gasteiger partial charge on any atom is 0.308 e. The quantitative estimate of drug-likeness (QED) is 0.448. The molecule has 6 heteroatoms. The van der Waals surface area contributed by atoms with Crippen molar-refractivity contribution in [2.75, 3.05) is 12.4 Å². The van der Waals surface area contributed by atoms with E-state index in [4.69, 9.17) is 9.47 Å². The Kier molecular flexibility index (Phi) is 7.40. The van der Waals surface area contributed by atoms with E-state index in [0.717, 1.165) is 19.3 Å². The van der Waals surface area contributed by atoms with Gasteiger partial charge in [-0.2, -0.15) is 5.26 Å². The van der Waals surface area contributed by atoms with Gasteiger partial charge in [0.1, 0.15) is 17.4 Å². The van der Waals surface area contributed by atoms with Gasteiger partial charge in [0.2, 0.25) is 0 Å². The molecule has 0 saturated heterocycles. The second-order valence-corrected chi connectivity index (χ2v) is 5.76. The van der Waals surface area contributed by atoms with Crippen LogP contribution in [-0.4, -0.2) is 24.6 Å². The number of hydrogen-bond acceptors (Lipinski definition) is 5. The van der Waals surface area contributed by atoms with Crippen molar-refractivity contribution in [3.05, 3.63) is 23.8 Å². The lowest BCUT2D eigenvalue weighted by Crippen LogP contribution is -2.42. The number of methoxy groups -OCH3 is 1. The molecule has 1 atom stereocenters. The van der Waals surface area contributed by atoms with Gasteiger partial charge in [0, 0.05) is 20.1 Å². The summed E-state index contributed by atoms with van der Waals surface area (Å²) in [4.78, 5) is 23.5. The molecule has 0 unspecified atom stereocenters. The van der Waals surface area contributed by atoms with Crippen LogP contribution < -0.4 is 10.1 Å². The van der Waals surface area contributed by atoms with Crippen molar-refractivity contribution in [1.82, 2.24) is 0 Å². The van der Waals surface area contributed by atoms with E-state index in [2.05, 4.69) is 12.2 Å². The monoisotopic (exact) mass is 332 g/mol. The standard InChI is InChI=1S/C18H24N2O4/c1-5-6-7-10-18(3,23-4)17(22)20-16-9-8-15(24-13(2)21)11-14(16)12-19/h8-9,11H,5-7,10H2,1-4H3,(H,20,22)/t18-/m1/s1. The lowest BCUT2D eigenvalue weighted by molar-refractivity contribution is -0.136. The Morgan fingerprint density at radius 1 is 1.33 bits per heavy atom. The first-order valence-corrected chi connectivity index (χ1v) is 7.95. The molecule has 0 aliphatic rings. The van der Waals surface area contributed by atoms with E-state index in [9.17, 15) is 14.9 Å². The van der Waals surface area contributed by atoms with Crippen LogP contribution in [0, 0.1) is 11.3 Å². The van der Waals surface area contributed by atoms with Gasteiger partial charge in [-0.1, -0.05) is 26.2 Å². The van der Waals surface area contributed by atoms with E-state index in [1.807, 2.05) is 6.07 Å². The topological polar surface area (TPSA) is 88.4 Å². The van der Waals surface area contributed by atoms with Crippen LogP contribution in [0.1, 0.15) is 52.0 Å². The van der Waals surface area contributed by atoms with Crippen LogP contribution in [-0.2, 0) is 14.3 Å². The average Bonchev–Trinajstić information content (AvgIpc) is 2.55. The highest BCUT2D eigenvalue weighted by Gasteiger charge is 2.32. The summed E-state index contributed by atoms with van der Waals surface area (Å²) in [6, 6.07) is 6.47. The zero-order valence-electron chi connectivity index (χ0n) is 14.6. The van der Waals surface area contributed by atoms with E-state index in [-0.39, 0.29) is 17.2 Å². The fourth-order valence-corrected chi connectivity index (χ4v) is 2.23. The minimum atomic E-state index is -0.962. The lowest BCUT2D eigenvalue weighted by Gasteiger charge is -2.27. The van der Waals surface area contributed by atoms with Gasteiger partial charge in [0.05, 0.1) is 11.3 Å². The Labute approximate surface area is 142 Å². The number of nitrogens with zero attached hydrogens (tertiary/aromatic N) is 1. The molecule has 0 fully saturated rings. The molecule has 1 N–H and O–H groups in total. The second-order valence-electron chi connectivity index (χ2n) is 5.76. The molecule has 24 heavy (non-hydrogen) atoms. The third kappa shape index (κ3) is 5.36. The summed E-state index contributed by atoms with van der Waals surface area (Å²) >= 11 is 0. The zero-order valence-corrected chi connectivity index (χ0v) is 14.6. The van der Waals surface area contributed by atoms with Crippen LogP contribution in [0.4, 0.5) is 5.69 Å². The zero-order chi connectivity index (χ0) is 18.2. The van der Waals surface area contributed by atoms with Gasteiger partial charge in [-0.3, -0.25) is 9.59 Å². The molecule has 0 radical (unpaired) electrons. The number of nitriles is 1. The highest BCUT2D eigenvalue weighted by molar-refractivity contribution is 5.98. The number of carbonyl (C=O) groups is 2. The third-order valence-corrected chi connectivity index (χ3v) is 3.81. The predicted molar refractivity (Wildman–Crippen MR) is 90.7 cm³/mol. The lowest BCUT2D eigenvalue weighted by atomic mass is 9.96. The number of rotatable bonds is 8. The predicted octanol–water partition coefficient (Wildman–Crippen LogP) is 3.41. The van der Waals surface area contributed by atoms with Crippen LogP contribution in [0.2, 0.25) is 0 Å². The molecule has 1 rings (SSSR count). The number of nitrogens with one attached hydrogen (secondary N) is 1. The Morgan fingerprint density at radius 3 is 2.58 bits per heavy atom. The third-order valence-electron chi connectivity index (χ3n) is 3.81. The van der Waals surface area contributed by atoms with Gasteiger partial charge >= 0.3 is 5.97 Å². The van der Waals surface area contributed by atoms with E-state index in [0.29, 0.717) is 12.1 Å². The average molecular weight is 332 g/mol. The SMILES string of the molecule is CCCCC[C@@](C)(OC)C(=O)Nc1ccc(OC(C)=O)cc1C#N. The van der Waals surface area contributed by atoms with Gasteiger partial charge < -0.3 is 14.8 Å². The fourth-order valence-electron chi connectivity index (χ4n) is 2.23. The van der Waals surface area contributed by atoms with Crippen molar-refractivity contribution in [2.45, 2.75) is 52.1 Å². The summed E-state index contributed by atoms with van der Waals surface area (Å²) < 4.78 is 10.3. The highest BCUT2D eigenvalue weighted by atomic mass is 16.5. The molecule has 0 bridgehead atoms. The van der Waals surface area contributed by atoms with Crippen LogP contribution in [0.5, 0.6) is 5.75 Å². The normalized spacial score (nSPS) is 12.8. The molecular weight excluding hydrogens is 308 g/mol. The molecule has 1 aromatic carbocycles. The van der Waals surface area contributed by atoms with Crippen molar-refractivity contribution >= 4 is 17.6 Å². The number of amides is 1. The molecule has 1 aromatic rings. The molecule has 130 valence electrons. The minimum Gasteiger partial charge on any atom is -0.427 e. The first-order valence-electron chi connectivity index (χ1n) is 7.95. The van der Waals surface area contributed by atoms with E-state index in [1.165, 1.54) is 32.2 Å². The van der Waals surface area contributed by atoms with E-state index in [1.54, 1.807) is 6.92 Å². The first kappa shape index (κ1) is 19.7. The number of ether oxygens (including phenoxy) is 2. The molecule has 0 heterocycles. The molecule has 6 nitrogen and oxygen atoms in total. The van der Waals surface area contributed by atoms with Crippen molar-refractivity contribution in [3.8, 4) is 11.8 Å². The van der Waals surface area contributed by atoms with Crippen molar-refractivity contribution < 1.29 is 19.1 Å². The van der Waals surface area contributed by atoms with Crippen molar-refractivity contribution in [1.29, 1.82) is 5.26 Å². The Bertz CT molecular complexity index is 636. The molecule has 0 spiro atoms. The van der Waals surface area contributed by atoms with Crippen molar-refractivity contribution in [3.63, 3.8) is 0 Å². The van der Waals surface area contributed by atoms with Gasteiger partial charge in [-0.15, -0.1) is 0 Å². The Hall–Kier alpha value is -2.39. The smallest absolute Gasteiger partial charge is 0.308 e. The van der Waals surface area contributed by atoms with Gasteiger partial charge in [-0.05, 0) is 25.5 Å². The fraction of sp³-hybridized carbons (Fsp3) is 0.500. The summed E-state index contributed by atoms with van der Waals surface area (Å²) in [6.45, 7) is 5.10. The van der Waals surface area contributed by atoms with Crippen LogP contribution in [0.15, 0.2) is 18.2 Å². The summed E-state index contributed by atoms with van der Waals surface area (Å²) in [5.41, 5.74) is -0.387. The minimum absolute atomic E-state index is 0.217. The first-order chi connectivity index (χ1) is 11.4. The molecular formula is C18H24N2O4. The van der Waals surface area contributed by atoms with Gasteiger partial charge in [0.25, 0.3) is 5.91 Å². The van der Waals surface area contributed by atoms with Gasteiger partial charge in [0.15, 0.2) is 0 Å². The summed E-state index contributed by atoms with van der Waals surface area (Å²) in [7, 11) is 1.50. The number of benzene rings is 1. The largest absolute Gasteiger partial charge is 0.427 e. The Morgan fingerprint density at radius 2 is 2.04 bits per heavy atom. The van der Waals surface area contributed by atoms with Crippen LogP contribution in [0.3, 0.4) is 0 Å². The maximum absolute atomic E-state index is 12.6. The molecule has 0 aliphatic carbocycles. The maximum atomic E-state index is 12.6. The van der Waals surface area contributed by atoms with E-state index < -0.39 is 11.6 Å². The molecule has 0 saturated carbocycles. The van der Waals surface area contributed by atoms with Gasteiger partial charge in [-0.25, -0.2) is 0 Å². The highest BCUT2D eigenvalue weighted by Crippen LogP contribution is 2.25. The number of anilines is 1. The summed E-state index contributed by atoms with van der Waals surface area (Å²) in [5, 5.41) is 12.0. The van der Waals surface area contributed by atoms with Crippen LogP contribution >= 0.6 is 0 Å². The number of carbonyl (C=O) groups excluding carboxylic acids is 2. The van der Waals surface area contributed by atoms with E-state index >= 15 is 0 Å². The van der Waals surface area contributed by atoms with Crippen LogP contribution in [0.25, 0.3) is 0 Å². The second kappa shape index (κ2) is 9.04. The number of hydrogen-bond donors (Lipinski definition) is 1. The summed E-state index contributed by atoms with van der Waals surface area (Å²) in [6.07, 6.45) is 3.55. The summed E-state index contributed by atoms with van der Waals surface area (Å²) in [5.74, 6) is -0.522. The van der Waals surface area contributed by atoms with Crippen molar-refractivity contribution in [2.24, 2.45) is 0 Å². The number of unbranched alkanes of at least 4 members (excludes halogenated alkanes) is 2. The molecule has 0 aliphatic heterocycles.